The van der Waals surface area contributed by atoms with Crippen LogP contribution >= 0.6 is 36.2 Å². The van der Waals surface area contributed by atoms with Gasteiger partial charge in [0.05, 0.1) is 11.9 Å². The molecule has 0 atom stereocenters. The Hall–Kier alpha value is -1.15. The van der Waals surface area contributed by atoms with E-state index in [4.69, 9.17) is 0 Å². The molecule has 26 heavy (non-hydrogen) atoms. The van der Waals surface area contributed by atoms with Crippen LogP contribution in [0.25, 0.3) is 10.6 Å². The molecular formula is C17H27Cl2N5OS. The number of likely N-dealkylation sites (tertiary alicyclic amines) is 1. The fraction of sp³-hybridized carbons (Fsp3) is 0.588. The van der Waals surface area contributed by atoms with Gasteiger partial charge in [0.1, 0.15) is 9.88 Å². The van der Waals surface area contributed by atoms with Crippen molar-refractivity contribution in [3.63, 3.8) is 0 Å². The summed E-state index contributed by atoms with van der Waals surface area (Å²) in [5.41, 5.74) is 1.79. The summed E-state index contributed by atoms with van der Waals surface area (Å²) in [5, 5.41) is 8.26. The molecule has 0 spiro atoms. The van der Waals surface area contributed by atoms with Gasteiger partial charge in [-0.2, -0.15) is 5.10 Å². The van der Waals surface area contributed by atoms with E-state index in [0.717, 1.165) is 59.5 Å². The summed E-state index contributed by atoms with van der Waals surface area (Å²) < 4.78 is 1.75. The van der Waals surface area contributed by atoms with Gasteiger partial charge in [0.2, 0.25) is 0 Å². The Morgan fingerprint density at radius 1 is 1.35 bits per heavy atom. The number of nitrogens with zero attached hydrogens (tertiary/aromatic N) is 4. The smallest absolute Gasteiger partial charge is 0.265 e. The van der Waals surface area contributed by atoms with Crippen molar-refractivity contribution in [1.29, 1.82) is 0 Å². The Balaban J connectivity index is 0.00000169. The normalized spacial score (nSPS) is 14.7. The summed E-state index contributed by atoms with van der Waals surface area (Å²) >= 11 is 1.48. The minimum absolute atomic E-state index is 0. The van der Waals surface area contributed by atoms with E-state index in [1.54, 1.807) is 10.9 Å². The van der Waals surface area contributed by atoms with Gasteiger partial charge in [-0.3, -0.25) is 9.48 Å². The highest BCUT2D eigenvalue weighted by Crippen LogP contribution is 2.30. The molecule has 0 aromatic carbocycles. The molecule has 1 fully saturated rings. The Morgan fingerprint density at radius 2 is 2.04 bits per heavy atom. The molecule has 9 heteroatoms. The van der Waals surface area contributed by atoms with Crippen LogP contribution in [0.4, 0.5) is 0 Å². The number of aryl methyl sites for hydroxylation is 2. The van der Waals surface area contributed by atoms with Crippen LogP contribution in [0, 0.1) is 12.8 Å². The van der Waals surface area contributed by atoms with E-state index >= 15 is 0 Å². The first-order chi connectivity index (χ1) is 11.6. The second-order valence-corrected chi connectivity index (χ2v) is 7.46. The molecule has 3 heterocycles. The first-order valence-corrected chi connectivity index (χ1v) is 9.30. The highest BCUT2D eigenvalue weighted by Gasteiger charge is 2.26. The van der Waals surface area contributed by atoms with Crippen LogP contribution < -0.4 is 5.32 Å². The summed E-state index contributed by atoms with van der Waals surface area (Å²) in [6.45, 7) is 4.68. The van der Waals surface area contributed by atoms with Crippen LogP contribution in [0.15, 0.2) is 12.4 Å². The number of aromatic nitrogens is 3. The number of rotatable bonds is 5. The lowest BCUT2D eigenvalue weighted by molar-refractivity contribution is 0.0691. The summed E-state index contributed by atoms with van der Waals surface area (Å²) in [4.78, 5) is 20.2. The number of carbonyl (C=O) groups excluding carboxylic acids is 1. The first kappa shape index (κ1) is 22.9. The maximum absolute atomic E-state index is 12.9. The van der Waals surface area contributed by atoms with Crippen molar-refractivity contribution in [2.45, 2.75) is 26.2 Å². The predicted octanol–water partition coefficient (Wildman–Crippen LogP) is 3.16. The quantitative estimate of drug-likeness (QED) is 0.807. The largest absolute Gasteiger partial charge is 0.338 e. The molecule has 1 aliphatic heterocycles. The van der Waals surface area contributed by atoms with E-state index in [0.29, 0.717) is 0 Å². The average molecular weight is 420 g/mol. The van der Waals surface area contributed by atoms with Gasteiger partial charge in [-0.25, -0.2) is 4.98 Å². The highest BCUT2D eigenvalue weighted by atomic mass is 35.5. The number of carbonyl (C=O) groups is 1. The van der Waals surface area contributed by atoms with Crippen molar-refractivity contribution >= 4 is 42.1 Å². The van der Waals surface area contributed by atoms with Gasteiger partial charge in [-0.1, -0.05) is 0 Å². The van der Waals surface area contributed by atoms with E-state index < -0.39 is 0 Å². The fourth-order valence-electron chi connectivity index (χ4n) is 3.17. The summed E-state index contributed by atoms with van der Waals surface area (Å²) in [6.07, 6.45) is 7.12. The van der Waals surface area contributed by atoms with Crippen LogP contribution in [-0.4, -0.2) is 52.3 Å². The molecule has 0 saturated carbocycles. The topological polar surface area (TPSA) is 63.1 Å². The molecule has 1 saturated heterocycles. The number of piperidine rings is 1. The lowest BCUT2D eigenvalue weighted by Crippen LogP contribution is -2.38. The summed E-state index contributed by atoms with van der Waals surface area (Å²) in [7, 11) is 3.87. The maximum Gasteiger partial charge on any atom is 0.265 e. The molecule has 0 bridgehead atoms. The van der Waals surface area contributed by atoms with Crippen LogP contribution in [0.3, 0.4) is 0 Å². The summed E-state index contributed by atoms with van der Waals surface area (Å²) in [5.74, 6) is 0.863. The SMILES string of the molecule is CNCCC1CCN(C(=O)c2sc(-c3cnn(C)c3)nc2C)CC1.Cl.Cl. The van der Waals surface area contributed by atoms with Crippen molar-refractivity contribution in [1.82, 2.24) is 25.0 Å². The second kappa shape index (κ2) is 10.3. The molecule has 6 nitrogen and oxygen atoms in total. The van der Waals surface area contributed by atoms with Gasteiger partial charge < -0.3 is 10.2 Å². The summed E-state index contributed by atoms with van der Waals surface area (Å²) in [6, 6.07) is 0. The van der Waals surface area contributed by atoms with Crippen LogP contribution in [0.1, 0.15) is 34.6 Å². The zero-order chi connectivity index (χ0) is 17.1. The number of hydrogen-bond donors (Lipinski definition) is 1. The second-order valence-electron chi connectivity index (χ2n) is 6.46. The lowest BCUT2D eigenvalue weighted by Gasteiger charge is -2.31. The Labute approximate surface area is 171 Å². The molecule has 3 rings (SSSR count). The van der Waals surface area contributed by atoms with E-state index in [2.05, 4.69) is 15.4 Å². The maximum atomic E-state index is 12.9. The zero-order valence-electron chi connectivity index (χ0n) is 15.4. The Bertz CT molecular complexity index is 710. The third kappa shape index (κ3) is 5.19. The molecule has 2 aromatic rings. The molecular weight excluding hydrogens is 393 g/mol. The molecule has 0 radical (unpaired) electrons. The lowest BCUT2D eigenvalue weighted by atomic mass is 9.93. The van der Waals surface area contributed by atoms with Crippen LogP contribution in [-0.2, 0) is 7.05 Å². The van der Waals surface area contributed by atoms with Gasteiger partial charge in [-0.05, 0) is 45.7 Å². The van der Waals surface area contributed by atoms with E-state index in [9.17, 15) is 4.79 Å². The molecule has 146 valence electrons. The molecule has 0 unspecified atom stereocenters. The molecule has 0 aliphatic carbocycles. The third-order valence-corrected chi connectivity index (χ3v) is 5.84. The monoisotopic (exact) mass is 419 g/mol. The number of nitrogens with one attached hydrogen (secondary N) is 1. The Morgan fingerprint density at radius 3 is 2.62 bits per heavy atom. The molecule has 1 aliphatic rings. The third-order valence-electron chi connectivity index (χ3n) is 4.65. The van der Waals surface area contributed by atoms with Crippen molar-refractivity contribution in [3.8, 4) is 10.6 Å². The van der Waals surface area contributed by atoms with Crippen LogP contribution in [0.5, 0.6) is 0 Å². The van der Waals surface area contributed by atoms with Gasteiger partial charge in [0.25, 0.3) is 5.91 Å². The van der Waals surface area contributed by atoms with Crippen LogP contribution in [0.2, 0.25) is 0 Å². The minimum atomic E-state index is 0. The number of thiazole rings is 1. The first-order valence-electron chi connectivity index (χ1n) is 8.48. The predicted molar refractivity (Wildman–Crippen MR) is 111 cm³/mol. The number of halogens is 2. The molecule has 1 amide bonds. The fourth-order valence-corrected chi connectivity index (χ4v) is 4.18. The van der Waals surface area contributed by atoms with Gasteiger partial charge >= 0.3 is 0 Å². The van der Waals surface area contributed by atoms with Crippen molar-refractivity contribution in [2.75, 3.05) is 26.7 Å². The average Bonchev–Trinajstić information content (AvgIpc) is 3.18. The van der Waals surface area contributed by atoms with Gasteiger partial charge in [-0.15, -0.1) is 36.2 Å². The number of amides is 1. The standard InChI is InChI=1S/C17H25N5OS.2ClH/c1-12-15(24-16(20-12)14-10-19-21(3)11-14)17(23)22-8-5-13(6-9-22)4-7-18-2;;/h10-11,13,18H,4-9H2,1-3H3;2*1H. The van der Waals surface area contributed by atoms with E-state index in [1.807, 2.05) is 32.1 Å². The van der Waals surface area contributed by atoms with Gasteiger partial charge in [0.15, 0.2) is 0 Å². The minimum Gasteiger partial charge on any atom is -0.338 e. The van der Waals surface area contributed by atoms with Crippen molar-refractivity contribution in [3.05, 3.63) is 23.0 Å². The van der Waals surface area contributed by atoms with Crippen molar-refractivity contribution in [2.24, 2.45) is 13.0 Å². The molecule has 2 aromatic heterocycles. The van der Waals surface area contributed by atoms with E-state index in [1.165, 1.54) is 17.8 Å². The Kier molecular flexibility index (Phi) is 9.03. The molecule has 1 N–H and O–H groups in total. The van der Waals surface area contributed by atoms with E-state index in [-0.39, 0.29) is 30.7 Å². The highest BCUT2D eigenvalue weighted by molar-refractivity contribution is 7.17. The van der Waals surface area contributed by atoms with Gasteiger partial charge in [0, 0.05) is 31.9 Å². The zero-order valence-corrected chi connectivity index (χ0v) is 17.8. The number of hydrogen-bond acceptors (Lipinski definition) is 5. The van der Waals surface area contributed by atoms with Crippen molar-refractivity contribution < 1.29 is 4.79 Å².